The molecule has 0 N–H and O–H groups in total. The van der Waals surface area contributed by atoms with E-state index in [1.807, 2.05) is 10.6 Å². The molecule has 0 saturated carbocycles. The quantitative estimate of drug-likeness (QED) is 0.424. The first kappa shape index (κ1) is 25.0. The minimum absolute atomic E-state index is 0.0339. The molecule has 0 bridgehead atoms. The third-order valence-corrected chi connectivity index (χ3v) is 7.67. The molecule has 1 aromatic heterocycles. The maximum atomic E-state index is 13.7. The number of hydrogen-bond acceptors (Lipinski definition) is 3. The molecule has 2 aliphatic rings. The van der Waals surface area contributed by atoms with Gasteiger partial charge >= 0.3 is 6.18 Å². The Morgan fingerprint density at radius 3 is 2.31 bits per heavy atom. The van der Waals surface area contributed by atoms with Gasteiger partial charge < -0.3 is 9.47 Å². The van der Waals surface area contributed by atoms with Gasteiger partial charge in [0.25, 0.3) is 5.56 Å². The SMILES string of the molecule is CN(Cc1ccccc1C(F)(F)F)Cc1cc2cc3c(cc2n(CCN2CCCCC2)c1=O)CCC3. The highest BCUT2D eigenvalue weighted by Crippen LogP contribution is 2.32. The van der Waals surface area contributed by atoms with E-state index >= 15 is 0 Å². The number of alkyl halides is 3. The molecule has 36 heavy (non-hydrogen) atoms. The molecule has 1 saturated heterocycles. The van der Waals surface area contributed by atoms with Crippen LogP contribution >= 0.6 is 0 Å². The molecule has 4 nitrogen and oxygen atoms in total. The summed E-state index contributed by atoms with van der Waals surface area (Å²) in [5.41, 5.74) is 3.86. The predicted molar refractivity (Wildman–Crippen MR) is 137 cm³/mol. The van der Waals surface area contributed by atoms with Gasteiger partial charge in [-0.2, -0.15) is 13.2 Å². The molecule has 0 amide bonds. The number of nitrogens with zero attached hydrogens (tertiary/aromatic N) is 3. The van der Waals surface area contributed by atoms with Crippen LogP contribution < -0.4 is 5.56 Å². The van der Waals surface area contributed by atoms with Crippen LogP contribution in [0, 0.1) is 0 Å². The Kier molecular flexibility index (Phi) is 7.22. The number of rotatable bonds is 7. The van der Waals surface area contributed by atoms with Crippen molar-refractivity contribution in [2.24, 2.45) is 0 Å². The second kappa shape index (κ2) is 10.4. The molecule has 192 valence electrons. The highest BCUT2D eigenvalue weighted by molar-refractivity contribution is 5.82. The Hall–Kier alpha value is -2.64. The Balaban J connectivity index is 1.45. The van der Waals surface area contributed by atoms with E-state index in [4.69, 9.17) is 0 Å². The Labute approximate surface area is 210 Å². The van der Waals surface area contributed by atoms with Crippen molar-refractivity contribution in [2.45, 2.75) is 64.3 Å². The molecular formula is C29H34F3N3O. The lowest BCUT2D eigenvalue weighted by atomic mass is 10.0. The number of benzene rings is 2. The summed E-state index contributed by atoms with van der Waals surface area (Å²) in [4.78, 5) is 17.9. The van der Waals surface area contributed by atoms with Crippen LogP contribution in [-0.2, 0) is 38.7 Å². The number of aromatic nitrogens is 1. The number of fused-ring (bicyclic) bond motifs is 2. The third kappa shape index (κ3) is 5.37. The summed E-state index contributed by atoms with van der Waals surface area (Å²) in [6, 6.07) is 12.0. The maximum absolute atomic E-state index is 13.7. The first-order valence-corrected chi connectivity index (χ1v) is 13.0. The molecule has 3 aromatic rings. The fourth-order valence-electron chi connectivity index (χ4n) is 5.84. The summed E-state index contributed by atoms with van der Waals surface area (Å²) < 4.78 is 42.4. The molecule has 1 aliphatic heterocycles. The van der Waals surface area contributed by atoms with Crippen LogP contribution in [0.1, 0.15) is 53.5 Å². The van der Waals surface area contributed by atoms with Crippen LogP contribution in [0.3, 0.4) is 0 Å². The van der Waals surface area contributed by atoms with E-state index in [9.17, 15) is 18.0 Å². The first-order valence-electron chi connectivity index (χ1n) is 13.0. The van der Waals surface area contributed by atoms with Crippen LogP contribution in [0.2, 0.25) is 0 Å². The molecular weight excluding hydrogens is 463 g/mol. The fraction of sp³-hybridized carbons (Fsp3) is 0.483. The highest BCUT2D eigenvalue weighted by Gasteiger charge is 2.33. The molecule has 2 aromatic carbocycles. The molecule has 2 heterocycles. The molecule has 0 radical (unpaired) electrons. The van der Waals surface area contributed by atoms with E-state index in [2.05, 4.69) is 17.0 Å². The van der Waals surface area contributed by atoms with E-state index in [1.165, 1.54) is 42.5 Å². The van der Waals surface area contributed by atoms with E-state index in [0.29, 0.717) is 18.7 Å². The minimum Gasteiger partial charge on any atom is -0.307 e. The lowest BCUT2D eigenvalue weighted by Gasteiger charge is -2.27. The standard InChI is InChI=1S/C29H34F3N3O/c1-33(19-23-8-3-4-11-26(23)29(30,31)32)20-25-17-24-16-21-9-7-10-22(21)18-27(24)35(28(25)36)15-14-34-12-5-2-6-13-34/h3-4,8,11,16-18H,2,5-7,9-10,12-15,19-20H2,1H3. The molecule has 0 spiro atoms. The van der Waals surface area contributed by atoms with Gasteiger partial charge in [-0.15, -0.1) is 0 Å². The first-order chi connectivity index (χ1) is 17.3. The molecule has 0 unspecified atom stereocenters. The van der Waals surface area contributed by atoms with Crippen molar-refractivity contribution >= 4 is 10.9 Å². The van der Waals surface area contributed by atoms with Crippen LogP contribution in [0.15, 0.2) is 47.3 Å². The highest BCUT2D eigenvalue weighted by atomic mass is 19.4. The van der Waals surface area contributed by atoms with Crippen molar-refractivity contribution in [3.8, 4) is 0 Å². The van der Waals surface area contributed by atoms with Crippen LogP contribution in [0.25, 0.3) is 10.9 Å². The van der Waals surface area contributed by atoms with Crippen molar-refractivity contribution in [2.75, 3.05) is 26.7 Å². The topological polar surface area (TPSA) is 28.5 Å². The summed E-state index contributed by atoms with van der Waals surface area (Å²) in [7, 11) is 1.78. The van der Waals surface area contributed by atoms with Gasteiger partial charge in [-0.05, 0) is 98.6 Å². The number of likely N-dealkylation sites (tertiary alicyclic amines) is 1. The summed E-state index contributed by atoms with van der Waals surface area (Å²) in [5, 5.41) is 1.05. The van der Waals surface area contributed by atoms with Gasteiger partial charge in [0.2, 0.25) is 0 Å². The molecule has 1 aliphatic carbocycles. The summed E-state index contributed by atoms with van der Waals surface area (Å²) >= 11 is 0. The Bertz CT molecular complexity index is 1290. The zero-order valence-electron chi connectivity index (χ0n) is 20.9. The van der Waals surface area contributed by atoms with Gasteiger partial charge in [-0.1, -0.05) is 24.6 Å². The Morgan fingerprint density at radius 2 is 1.56 bits per heavy atom. The smallest absolute Gasteiger partial charge is 0.307 e. The lowest BCUT2D eigenvalue weighted by molar-refractivity contribution is -0.138. The fourth-order valence-corrected chi connectivity index (χ4v) is 5.84. The van der Waals surface area contributed by atoms with Crippen LogP contribution in [-0.4, -0.2) is 41.0 Å². The average molecular weight is 498 g/mol. The molecule has 0 atom stereocenters. The number of piperidine rings is 1. The third-order valence-electron chi connectivity index (χ3n) is 7.67. The normalized spacial score (nSPS) is 16.7. The van der Waals surface area contributed by atoms with Gasteiger partial charge in [0.1, 0.15) is 0 Å². The van der Waals surface area contributed by atoms with E-state index in [0.717, 1.165) is 55.9 Å². The van der Waals surface area contributed by atoms with Crippen molar-refractivity contribution in [3.63, 3.8) is 0 Å². The summed E-state index contributed by atoms with van der Waals surface area (Å²) in [5.74, 6) is 0. The molecule has 5 rings (SSSR count). The van der Waals surface area contributed by atoms with Crippen molar-refractivity contribution in [1.82, 2.24) is 14.4 Å². The lowest BCUT2D eigenvalue weighted by Crippen LogP contribution is -2.36. The number of hydrogen-bond donors (Lipinski definition) is 0. The predicted octanol–water partition coefficient (Wildman–Crippen LogP) is 5.63. The Morgan fingerprint density at radius 1 is 0.861 bits per heavy atom. The number of halogens is 3. The van der Waals surface area contributed by atoms with E-state index in [-0.39, 0.29) is 17.7 Å². The van der Waals surface area contributed by atoms with Crippen molar-refractivity contribution < 1.29 is 13.2 Å². The maximum Gasteiger partial charge on any atom is 0.416 e. The van der Waals surface area contributed by atoms with Crippen molar-refractivity contribution in [3.05, 3.63) is 80.6 Å². The van der Waals surface area contributed by atoms with Gasteiger partial charge in [0.05, 0.1) is 11.1 Å². The largest absolute Gasteiger partial charge is 0.416 e. The van der Waals surface area contributed by atoms with Gasteiger partial charge in [-0.25, -0.2) is 0 Å². The van der Waals surface area contributed by atoms with E-state index < -0.39 is 11.7 Å². The number of aryl methyl sites for hydroxylation is 2. The van der Waals surface area contributed by atoms with Crippen LogP contribution in [0.5, 0.6) is 0 Å². The summed E-state index contributed by atoms with van der Waals surface area (Å²) in [6.45, 7) is 4.02. The average Bonchev–Trinajstić information content (AvgIpc) is 3.31. The molecule has 1 fully saturated rings. The minimum atomic E-state index is -4.40. The summed E-state index contributed by atoms with van der Waals surface area (Å²) in [6.07, 6.45) is 2.52. The van der Waals surface area contributed by atoms with E-state index in [1.54, 1.807) is 18.0 Å². The van der Waals surface area contributed by atoms with Gasteiger partial charge in [-0.3, -0.25) is 9.69 Å². The van der Waals surface area contributed by atoms with Crippen LogP contribution in [0.4, 0.5) is 13.2 Å². The molecule has 7 heteroatoms. The van der Waals surface area contributed by atoms with Gasteiger partial charge in [0.15, 0.2) is 0 Å². The second-order valence-electron chi connectivity index (χ2n) is 10.4. The monoisotopic (exact) mass is 497 g/mol. The van der Waals surface area contributed by atoms with Crippen molar-refractivity contribution in [1.29, 1.82) is 0 Å². The van der Waals surface area contributed by atoms with Gasteiger partial charge in [0, 0.05) is 31.7 Å². The second-order valence-corrected chi connectivity index (χ2v) is 10.4. The number of pyridine rings is 1. The zero-order chi connectivity index (χ0) is 25.3. The zero-order valence-corrected chi connectivity index (χ0v) is 20.9.